The van der Waals surface area contributed by atoms with E-state index in [4.69, 9.17) is 20.4 Å². The first-order valence-electron chi connectivity index (χ1n) is 20.1. The number of hydrogen-bond donors (Lipinski definition) is 4. The third kappa shape index (κ3) is 8.02. The molecule has 0 saturated carbocycles. The van der Waals surface area contributed by atoms with E-state index in [1.165, 1.54) is 0 Å². The SMILES string of the molecule is CC(C)[C@@H](Nc1ncccn1)C(=O)N1CCC[C@H]1c1ncc(-c2ccc(-c3ccc(-c4cnc([C@@H]5CCCN5C(=O)[C@](C)(OC(N)=O)c5ccccc5)[nH]4)cc3)cc2)[nH]1. The Morgan fingerprint density at radius 1 is 0.729 bits per heavy atom. The number of amides is 3. The summed E-state index contributed by atoms with van der Waals surface area (Å²) in [5.74, 6) is 1.60. The first-order valence-corrected chi connectivity index (χ1v) is 20.1. The van der Waals surface area contributed by atoms with Crippen molar-refractivity contribution in [2.45, 2.75) is 70.2 Å². The number of nitrogens with two attached hydrogens (primary N) is 1. The van der Waals surface area contributed by atoms with Crippen molar-refractivity contribution in [3.63, 3.8) is 0 Å². The largest absolute Gasteiger partial charge is 0.428 e. The lowest BCUT2D eigenvalue weighted by atomic mass is 9.93. The van der Waals surface area contributed by atoms with Gasteiger partial charge in [-0.05, 0) is 66.8 Å². The van der Waals surface area contributed by atoms with Crippen LogP contribution in [0.3, 0.4) is 0 Å². The molecule has 5 heterocycles. The minimum absolute atomic E-state index is 0.0177. The van der Waals surface area contributed by atoms with Crippen molar-refractivity contribution in [1.29, 1.82) is 0 Å². The Balaban J connectivity index is 0.927. The standard InChI is InChI=1S/C45H48N10O4/c1-28(2)38(53-44-47-22-9-23-48-44)41(56)54-24-7-12-36(54)39-49-26-34(51-39)31-18-14-29(15-19-31)30-16-20-32(21-17-30)35-27-50-40(52-35)37-13-8-25-55(37)42(57)45(3,59-43(46)58)33-10-5-4-6-11-33/h4-6,9-11,14-23,26-28,36-38H,7-8,12-13,24-25H2,1-3H3,(H2,46,58)(H,49,51)(H,50,52)(H,47,48,53)/t36-,37-,38+,45+/m0/s1. The van der Waals surface area contributed by atoms with E-state index in [0.717, 1.165) is 65.1 Å². The number of aromatic amines is 2. The maximum atomic E-state index is 14.0. The molecule has 6 aromatic rings. The van der Waals surface area contributed by atoms with Crippen LogP contribution in [0, 0.1) is 5.92 Å². The Morgan fingerprint density at radius 2 is 1.24 bits per heavy atom. The quantitative estimate of drug-likeness (QED) is 0.0979. The highest BCUT2D eigenvalue weighted by Gasteiger charge is 2.46. The zero-order valence-electron chi connectivity index (χ0n) is 33.3. The molecular formula is C45H48N10O4. The van der Waals surface area contributed by atoms with Crippen LogP contribution in [0.4, 0.5) is 10.7 Å². The van der Waals surface area contributed by atoms with Gasteiger partial charge in [-0.3, -0.25) is 9.59 Å². The van der Waals surface area contributed by atoms with Crippen LogP contribution < -0.4 is 11.1 Å². The number of benzene rings is 3. The molecule has 3 amide bonds. The Hall–Kier alpha value is -6.83. The molecule has 0 spiro atoms. The number of anilines is 1. The predicted molar refractivity (Wildman–Crippen MR) is 223 cm³/mol. The molecule has 0 aliphatic carbocycles. The number of primary amides is 1. The summed E-state index contributed by atoms with van der Waals surface area (Å²) >= 11 is 0. The number of H-pyrrole nitrogens is 2. The van der Waals surface area contributed by atoms with Crippen LogP contribution in [-0.4, -0.2) is 76.7 Å². The molecule has 2 aliphatic rings. The number of ether oxygens (including phenoxy) is 1. The number of nitrogens with one attached hydrogen (secondary N) is 3. The number of nitrogens with zero attached hydrogens (tertiary/aromatic N) is 6. The fourth-order valence-electron chi connectivity index (χ4n) is 8.26. The predicted octanol–water partition coefficient (Wildman–Crippen LogP) is 7.40. The van der Waals surface area contributed by atoms with E-state index in [0.29, 0.717) is 30.4 Å². The average Bonchev–Trinajstić information content (AvgIpc) is 4.10. The summed E-state index contributed by atoms with van der Waals surface area (Å²) in [5.41, 5.74) is 10.2. The first-order chi connectivity index (χ1) is 28.6. The number of likely N-dealkylation sites (tertiary alicyclic amines) is 2. The van der Waals surface area contributed by atoms with Crippen molar-refractivity contribution in [3.05, 3.63) is 127 Å². The molecule has 3 aromatic carbocycles. The van der Waals surface area contributed by atoms with E-state index >= 15 is 0 Å². The molecule has 59 heavy (non-hydrogen) atoms. The molecule has 2 aliphatic heterocycles. The second-order valence-electron chi connectivity index (χ2n) is 15.6. The Kier molecular flexibility index (Phi) is 11.0. The topological polar surface area (TPSA) is 188 Å². The van der Waals surface area contributed by atoms with Crippen LogP contribution in [0.5, 0.6) is 0 Å². The lowest BCUT2D eigenvalue weighted by Gasteiger charge is -2.34. The van der Waals surface area contributed by atoms with Crippen LogP contribution in [0.2, 0.25) is 0 Å². The monoisotopic (exact) mass is 792 g/mol. The van der Waals surface area contributed by atoms with Gasteiger partial charge in [0.25, 0.3) is 5.91 Å². The zero-order valence-corrected chi connectivity index (χ0v) is 33.3. The Labute approximate surface area is 342 Å². The van der Waals surface area contributed by atoms with Gasteiger partial charge in [-0.25, -0.2) is 24.7 Å². The summed E-state index contributed by atoms with van der Waals surface area (Å²) < 4.78 is 5.49. The van der Waals surface area contributed by atoms with Crippen molar-refractivity contribution < 1.29 is 19.1 Å². The van der Waals surface area contributed by atoms with Crippen LogP contribution in [0.1, 0.15) is 75.8 Å². The van der Waals surface area contributed by atoms with Crippen LogP contribution in [-0.2, 0) is 19.9 Å². The summed E-state index contributed by atoms with van der Waals surface area (Å²) in [5, 5.41) is 3.24. The Morgan fingerprint density at radius 3 is 1.76 bits per heavy atom. The van der Waals surface area contributed by atoms with Crippen LogP contribution in [0.15, 0.2) is 110 Å². The molecule has 8 rings (SSSR count). The molecular weight excluding hydrogens is 745 g/mol. The van der Waals surface area contributed by atoms with E-state index in [-0.39, 0.29) is 29.8 Å². The van der Waals surface area contributed by atoms with Gasteiger partial charge in [-0.15, -0.1) is 0 Å². The summed E-state index contributed by atoms with van der Waals surface area (Å²) in [7, 11) is 0. The fourth-order valence-corrected chi connectivity index (χ4v) is 8.26. The van der Waals surface area contributed by atoms with Gasteiger partial charge in [0.15, 0.2) is 0 Å². The molecule has 14 nitrogen and oxygen atoms in total. The van der Waals surface area contributed by atoms with E-state index < -0.39 is 17.7 Å². The molecule has 0 radical (unpaired) electrons. The highest BCUT2D eigenvalue weighted by atomic mass is 16.6. The summed E-state index contributed by atoms with van der Waals surface area (Å²) in [4.78, 5) is 68.4. The lowest BCUT2D eigenvalue weighted by Crippen LogP contribution is -2.48. The third-order valence-corrected chi connectivity index (χ3v) is 11.4. The second-order valence-corrected chi connectivity index (χ2v) is 15.6. The van der Waals surface area contributed by atoms with Gasteiger partial charge in [0.2, 0.25) is 17.5 Å². The molecule has 2 saturated heterocycles. The van der Waals surface area contributed by atoms with Gasteiger partial charge in [0.05, 0.1) is 35.9 Å². The molecule has 302 valence electrons. The van der Waals surface area contributed by atoms with Crippen molar-refractivity contribution in [2.24, 2.45) is 11.7 Å². The smallest absolute Gasteiger partial charge is 0.405 e. The molecule has 4 atom stereocenters. The average molecular weight is 793 g/mol. The minimum atomic E-state index is -1.57. The molecule has 5 N–H and O–H groups in total. The second kappa shape index (κ2) is 16.6. The molecule has 3 aromatic heterocycles. The van der Waals surface area contributed by atoms with Crippen LogP contribution >= 0.6 is 0 Å². The first kappa shape index (κ1) is 39.0. The number of imidazole rings is 2. The van der Waals surface area contributed by atoms with Crippen molar-refractivity contribution in [1.82, 2.24) is 39.7 Å². The number of aromatic nitrogens is 6. The van der Waals surface area contributed by atoms with Crippen molar-refractivity contribution in [3.8, 4) is 33.6 Å². The van der Waals surface area contributed by atoms with E-state index in [1.807, 2.05) is 43.1 Å². The summed E-state index contributed by atoms with van der Waals surface area (Å²) in [6, 6.07) is 26.4. The molecule has 0 bridgehead atoms. The number of carbonyl (C=O) groups excluding carboxylic acids is 3. The lowest BCUT2D eigenvalue weighted by molar-refractivity contribution is -0.151. The minimum Gasteiger partial charge on any atom is -0.428 e. The van der Waals surface area contributed by atoms with Gasteiger partial charge >= 0.3 is 6.09 Å². The van der Waals surface area contributed by atoms with E-state index in [9.17, 15) is 14.4 Å². The molecule has 14 heteroatoms. The van der Waals surface area contributed by atoms with Gasteiger partial charge in [-0.1, -0.05) is 92.7 Å². The van der Waals surface area contributed by atoms with Gasteiger partial charge < -0.3 is 35.6 Å². The number of rotatable bonds is 12. The highest BCUT2D eigenvalue weighted by molar-refractivity contribution is 5.89. The zero-order chi connectivity index (χ0) is 41.1. The van der Waals surface area contributed by atoms with Gasteiger partial charge in [0.1, 0.15) is 17.7 Å². The number of hydrogen-bond acceptors (Lipinski definition) is 9. The van der Waals surface area contributed by atoms with E-state index in [1.54, 1.807) is 60.7 Å². The van der Waals surface area contributed by atoms with Crippen LogP contribution in [0.25, 0.3) is 33.6 Å². The third-order valence-electron chi connectivity index (χ3n) is 11.4. The van der Waals surface area contributed by atoms with Gasteiger partial charge in [0, 0.05) is 31.0 Å². The molecule has 2 fully saturated rings. The normalized spacial score (nSPS) is 18.1. The number of carbonyl (C=O) groups is 3. The summed E-state index contributed by atoms with van der Waals surface area (Å²) in [6.07, 6.45) is 9.17. The van der Waals surface area contributed by atoms with Gasteiger partial charge in [-0.2, -0.15) is 0 Å². The Bertz CT molecular complexity index is 2400. The maximum absolute atomic E-state index is 14.0. The fraction of sp³-hybridized carbons (Fsp3) is 0.311. The van der Waals surface area contributed by atoms with Crippen molar-refractivity contribution in [2.75, 3.05) is 18.4 Å². The van der Waals surface area contributed by atoms with Crippen molar-refractivity contribution >= 4 is 23.9 Å². The maximum Gasteiger partial charge on any atom is 0.405 e. The highest BCUT2D eigenvalue weighted by Crippen LogP contribution is 2.38. The van der Waals surface area contributed by atoms with E-state index in [2.05, 4.69) is 61.7 Å². The summed E-state index contributed by atoms with van der Waals surface area (Å²) in [6.45, 7) is 6.79. The molecule has 0 unspecified atom stereocenters.